The van der Waals surface area contributed by atoms with Gasteiger partial charge in [0.05, 0.1) is 5.76 Å². The summed E-state index contributed by atoms with van der Waals surface area (Å²) in [7, 11) is -1.86. The van der Waals surface area contributed by atoms with Gasteiger partial charge in [-0.3, -0.25) is 0 Å². The van der Waals surface area contributed by atoms with Crippen molar-refractivity contribution in [1.82, 2.24) is 0 Å². The standard InChI is InChI=1S/C22H42OSi/c1-11-12-20-13-21(15(2)3)14-22(19(20)10)23-24(16(4)5,17(6)7)18(8)9/h11,15-18,20-21H,1,12-14H2,2-10H3/t20-,21-/m1/s1. The van der Waals surface area contributed by atoms with E-state index in [0.717, 1.165) is 24.7 Å². The zero-order valence-corrected chi connectivity index (χ0v) is 18.8. The van der Waals surface area contributed by atoms with Crippen molar-refractivity contribution in [2.24, 2.45) is 17.8 Å². The van der Waals surface area contributed by atoms with Crippen LogP contribution < -0.4 is 0 Å². The molecule has 0 saturated heterocycles. The normalized spacial score (nSPS) is 22.9. The average molecular weight is 351 g/mol. The van der Waals surface area contributed by atoms with Crippen LogP contribution in [0.25, 0.3) is 0 Å². The minimum absolute atomic E-state index is 0.622. The van der Waals surface area contributed by atoms with Gasteiger partial charge in [0.25, 0.3) is 8.32 Å². The third-order valence-electron chi connectivity index (χ3n) is 6.49. The van der Waals surface area contributed by atoms with Gasteiger partial charge >= 0.3 is 0 Å². The summed E-state index contributed by atoms with van der Waals surface area (Å²) in [5.41, 5.74) is 3.41. The van der Waals surface area contributed by atoms with E-state index >= 15 is 0 Å². The summed E-state index contributed by atoms with van der Waals surface area (Å²) in [6.07, 6.45) is 5.61. The lowest BCUT2D eigenvalue weighted by atomic mass is 9.75. The molecule has 24 heavy (non-hydrogen) atoms. The maximum Gasteiger partial charge on any atom is 0.258 e. The van der Waals surface area contributed by atoms with Crippen LogP contribution in [0.4, 0.5) is 0 Å². The maximum atomic E-state index is 7.12. The fourth-order valence-electron chi connectivity index (χ4n) is 4.92. The van der Waals surface area contributed by atoms with Crippen molar-refractivity contribution in [3.05, 3.63) is 24.0 Å². The minimum Gasteiger partial charge on any atom is -0.546 e. The SMILES string of the molecule is C=CC[C@@H]1C[C@@H](C(C)C)CC(O[Si](C(C)C)(C(C)C)C(C)C)=C1C. The molecule has 0 spiro atoms. The Labute approximate surface area is 153 Å². The second kappa shape index (κ2) is 8.74. The number of hydrogen-bond donors (Lipinski definition) is 0. The highest BCUT2D eigenvalue weighted by Crippen LogP contribution is 2.47. The summed E-state index contributed by atoms with van der Waals surface area (Å²) in [4.78, 5) is 0. The Morgan fingerprint density at radius 2 is 1.54 bits per heavy atom. The molecule has 1 nitrogen and oxygen atoms in total. The summed E-state index contributed by atoms with van der Waals surface area (Å²) in [5.74, 6) is 3.43. The van der Waals surface area contributed by atoms with Gasteiger partial charge in [0.1, 0.15) is 0 Å². The monoisotopic (exact) mass is 350 g/mol. The molecule has 1 aliphatic rings. The van der Waals surface area contributed by atoms with E-state index in [1.807, 2.05) is 0 Å². The first-order valence-electron chi connectivity index (χ1n) is 10.1. The maximum absolute atomic E-state index is 7.12. The molecule has 0 bridgehead atoms. The quantitative estimate of drug-likeness (QED) is 0.322. The van der Waals surface area contributed by atoms with Gasteiger partial charge in [0, 0.05) is 6.42 Å². The molecule has 0 radical (unpaired) electrons. The zero-order chi connectivity index (χ0) is 18.7. The second-order valence-electron chi connectivity index (χ2n) is 9.19. The summed E-state index contributed by atoms with van der Waals surface area (Å²) >= 11 is 0. The highest BCUT2D eigenvalue weighted by atomic mass is 28.4. The van der Waals surface area contributed by atoms with E-state index in [2.05, 4.69) is 75.0 Å². The first-order chi connectivity index (χ1) is 11.1. The van der Waals surface area contributed by atoms with Gasteiger partial charge in [-0.2, -0.15) is 0 Å². The van der Waals surface area contributed by atoms with Gasteiger partial charge in [-0.15, -0.1) is 6.58 Å². The van der Waals surface area contributed by atoms with E-state index in [9.17, 15) is 0 Å². The summed E-state index contributed by atoms with van der Waals surface area (Å²) < 4.78 is 7.12. The Morgan fingerprint density at radius 3 is 1.92 bits per heavy atom. The van der Waals surface area contributed by atoms with E-state index in [-0.39, 0.29) is 0 Å². The van der Waals surface area contributed by atoms with Gasteiger partial charge < -0.3 is 4.43 Å². The van der Waals surface area contributed by atoms with Crippen LogP contribution in [-0.4, -0.2) is 8.32 Å². The number of allylic oxidation sites excluding steroid dienone is 3. The molecule has 1 rings (SSSR count). The smallest absolute Gasteiger partial charge is 0.258 e. The van der Waals surface area contributed by atoms with Crippen molar-refractivity contribution < 1.29 is 4.43 Å². The zero-order valence-electron chi connectivity index (χ0n) is 17.8. The Balaban J connectivity index is 3.27. The molecule has 1 aliphatic carbocycles. The first kappa shape index (κ1) is 21.5. The summed E-state index contributed by atoms with van der Waals surface area (Å²) in [6.45, 7) is 25.3. The highest BCUT2D eigenvalue weighted by molar-refractivity contribution is 6.77. The molecule has 0 aliphatic heterocycles. The van der Waals surface area contributed by atoms with Crippen molar-refractivity contribution in [3.8, 4) is 0 Å². The van der Waals surface area contributed by atoms with Gasteiger partial charge in [0.15, 0.2) is 0 Å². The molecule has 0 heterocycles. The Bertz CT molecular complexity index is 423. The van der Waals surface area contributed by atoms with Crippen molar-refractivity contribution in [2.75, 3.05) is 0 Å². The molecule has 0 saturated carbocycles. The first-order valence-corrected chi connectivity index (χ1v) is 12.2. The van der Waals surface area contributed by atoms with Crippen LogP contribution in [-0.2, 0) is 4.43 Å². The summed E-state index contributed by atoms with van der Waals surface area (Å²) in [6, 6.07) is 0. The molecule has 0 N–H and O–H groups in total. The fourth-order valence-corrected chi connectivity index (χ4v) is 10.3. The van der Waals surface area contributed by atoms with Crippen LogP contribution in [0.3, 0.4) is 0 Å². The van der Waals surface area contributed by atoms with E-state index in [4.69, 9.17) is 4.43 Å². The minimum atomic E-state index is -1.86. The Morgan fingerprint density at radius 1 is 1.04 bits per heavy atom. The van der Waals surface area contributed by atoms with E-state index in [1.54, 1.807) is 0 Å². The van der Waals surface area contributed by atoms with E-state index < -0.39 is 8.32 Å². The molecule has 0 aromatic heterocycles. The van der Waals surface area contributed by atoms with Crippen LogP contribution in [0.2, 0.25) is 16.6 Å². The van der Waals surface area contributed by atoms with Crippen LogP contribution in [0.5, 0.6) is 0 Å². The molecule has 2 atom stereocenters. The Kier molecular flexibility index (Phi) is 7.84. The number of rotatable bonds is 8. The summed E-state index contributed by atoms with van der Waals surface area (Å²) in [5, 5.41) is 0. The van der Waals surface area contributed by atoms with E-state index in [0.29, 0.717) is 22.5 Å². The predicted octanol–water partition coefficient (Wildman–Crippen LogP) is 7.71. The molecule has 2 heteroatoms. The fraction of sp³-hybridized carbons (Fsp3) is 0.818. The van der Waals surface area contributed by atoms with Crippen molar-refractivity contribution in [1.29, 1.82) is 0 Å². The molecule has 140 valence electrons. The van der Waals surface area contributed by atoms with Gasteiger partial charge in [-0.25, -0.2) is 0 Å². The van der Waals surface area contributed by atoms with Crippen LogP contribution in [0.15, 0.2) is 24.0 Å². The average Bonchev–Trinajstić information content (AvgIpc) is 2.46. The molecule has 0 fully saturated rings. The number of hydrogen-bond acceptors (Lipinski definition) is 1. The molecular weight excluding hydrogens is 308 g/mol. The van der Waals surface area contributed by atoms with Gasteiger partial charge in [-0.1, -0.05) is 61.5 Å². The predicted molar refractivity (Wildman–Crippen MR) is 111 cm³/mol. The van der Waals surface area contributed by atoms with Crippen LogP contribution in [0, 0.1) is 17.8 Å². The molecule has 0 aromatic carbocycles. The Hall–Kier alpha value is -0.503. The highest BCUT2D eigenvalue weighted by Gasteiger charge is 2.48. The van der Waals surface area contributed by atoms with Crippen LogP contribution in [0.1, 0.15) is 81.6 Å². The largest absolute Gasteiger partial charge is 0.546 e. The third kappa shape index (κ3) is 4.36. The van der Waals surface area contributed by atoms with Crippen molar-refractivity contribution in [2.45, 2.75) is 98.2 Å². The van der Waals surface area contributed by atoms with Crippen LogP contribution >= 0.6 is 0 Å². The van der Waals surface area contributed by atoms with E-state index in [1.165, 1.54) is 17.8 Å². The third-order valence-corrected chi connectivity index (χ3v) is 12.5. The lowest BCUT2D eigenvalue weighted by molar-refractivity contribution is 0.229. The topological polar surface area (TPSA) is 9.23 Å². The van der Waals surface area contributed by atoms with Crippen molar-refractivity contribution in [3.63, 3.8) is 0 Å². The van der Waals surface area contributed by atoms with Crippen molar-refractivity contribution >= 4 is 8.32 Å². The molecule has 0 aromatic rings. The lowest BCUT2D eigenvalue weighted by Crippen LogP contribution is -2.48. The van der Waals surface area contributed by atoms with Gasteiger partial charge in [-0.05, 0) is 59.7 Å². The molecule has 0 unspecified atom stereocenters. The lowest BCUT2D eigenvalue weighted by Gasteiger charge is -2.45. The second-order valence-corrected chi connectivity index (χ2v) is 14.6. The molecule has 0 amide bonds. The van der Waals surface area contributed by atoms with Gasteiger partial charge in [0.2, 0.25) is 0 Å². The molecular formula is C22H42OSi.